The summed E-state index contributed by atoms with van der Waals surface area (Å²) in [6, 6.07) is 6.07. The first-order chi connectivity index (χ1) is 7.16. The van der Waals surface area contributed by atoms with E-state index < -0.39 is 0 Å². The van der Waals surface area contributed by atoms with Crippen LogP contribution in [0.5, 0.6) is 0 Å². The van der Waals surface area contributed by atoms with Gasteiger partial charge in [0.1, 0.15) is 5.78 Å². The molecule has 1 aliphatic heterocycles. The van der Waals surface area contributed by atoms with E-state index in [1.54, 1.807) is 0 Å². The van der Waals surface area contributed by atoms with Crippen LogP contribution in [0.2, 0.25) is 0 Å². The molecule has 0 radical (unpaired) electrons. The highest BCUT2D eigenvalue weighted by atomic mass is 79.9. The minimum absolute atomic E-state index is 0.0423. The number of hydrogen-bond donors (Lipinski definition) is 0. The molecule has 1 unspecified atom stereocenters. The maximum absolute atomic E-state index is 11.3. The highest BCUT2D eigenvalue weighted by Crippen LogP contribution is 2.29. The van der Waals surface area contributed by atoms with E-state index in [1.165, 1.54) is 5.56 Å². The number of ether oxygens (including phenoxy) is 1. The number of halogens is 1. The van der Waals surface area contributed by atoms with Gasteiger partial charge in [0.15, 0.2) is 0 Å². The molecule has 80 valence electrons. The molecule has 1 fully saturated rings. The molecule has 1 heterocycles. The van der Waals surface area contributed by atoms with Crippen molar-refractivity contribution in [3.05, 3.63) is 33.8 Å². The maximum Gasteiger partial charge on any atom is 0.138 e. The van der Waals surface area contributed by atoms with Crippen LogP contribution < -0.4 is 0 Å². The molecular formula is C12H13BrO2. The Bertz CT molecular complexity index is 387. The Balaban J connectivity index is 2.24. The predicted molar refractivity (Wildman–Crippen MR) is 61.8 cm³/mol. The zero-order valence-corrected chi connectivity index (χ0v) is 10.2. The van der Waals surface area contributed by atoms with Gasteiger partial charge in [-0.1, -0.05) is 22.0 Å². The van der Waals surface area contributed by atoms with Crippen LogP contribution in [-0.2, 0) is 9.53 Å². The van der Waals surface area contributed by atoms with Gasteiger partial charge < -0.3 is 4.74 Å². The van der Waals surface area contributed by atoms with E-state index in [1.807, 2.05) is 19.1 Å². The quantitative estimate of drug-likeness (QED) is 0.782. The van der Waals surface area contributed by atoms with Crippen LogP contribution in [0.1, 0.15) is 30.1 Å². The first-order valence-electron chi connectivity index (χ1n) is 5.06. The van der Waals surface area contributed by atoms with Crippen LogP contribution >= 0.6 is 15.9 Å². The van der Waals surface area contributed by atoms with Gasteiger partial charge in [-0.3, -0.25) is 4.79 Å². The van der Waals surface area contributed by atoms with E-state index in [0.717, 1.165) is 10.0 Å². The maximum atomic E-state index is 11.3. The summed E-state index contributed by atoms with van der Waals surface area (Å²) < 4.78 is 6.68. The molecule has 0 aromatic heterocycles. The van der Waals surface area contributed by atoms with E-state index in [4.69, 9.17) is 4.74 Å². The Hall–Kier alpha value is -0.670. The summed E-state index contributed by atoms with van der Waals surface area (Å²) in [5.41, 5.74) is 2.30. The third-order valence-corrected chi connectivity index (χ3v) is 3.18. The molecule has 3 heteroatoms. The van der Waals surface area contributed by atoms with Gasteiger partial charge in [-0.15, -0.1) is 0 Å². The van der Waals surface area contributed by atoms with E-state index in [9.17, 15) is 4.79 Å². The van der Waals surface area contributed by atoms with Gasteiger partial charge in [-0.05, 0) is 30.2 Å². The Morgan fingerprint density at radius 2 is 2.27 bits per heavy atom. The average Bonchev–Trinajstić information content (AvgIpc) is 2.17. The highest BCUT2D eigenvalue weighted by Gasteiger charge is 2.22. The minimum Gasteiger partial charge on any atom is -0.373 e. The molecule has 0 bridgehead atoms. The molecule has 15 heavy (non-hydrogen) atoms. The SMILES string of the molecule is Cc1cc(Br)ccc1C1CC(=O)CCO1. The van der Waals surface area contributed by atoms with Crippen molar-refractivity contribution in [2.24, 2.45) is 0 Å². The fourth-order valence-corrected chi connectivity index (χ4v) is 2.36. The lowest BCUT2D eigenvalue weighted by Crippen LogP contribution is -2.19. The Morgan fingerprint density at radius 3 is 2.93 bits per heavy atom. The lowest BCUT2D eigenvalue weighted by molar-refractivity contribution is -0.128. The van der Waals surface area contributed by atoms with E-state index in [2.05, 4.69) is 22.0 Å². The number of carbonyl (C=O) groups excluding carboxylic acids is 1. The highest BCUT2D eigenvalue weighted by molar-refractivity contribution is 9.10. The molecule has 0 spiro atoms. The lowest BCUT2D eigenvalue weighted by atomic mass is 9.97. The number of benzene rings is 1. The number of aryl methyl sites for hydroxylation is 1. The van der Waals surface area contributed by atoms with Gasteiger partial charge in [0, 0.05) is 17.3 Å². The molecule has 1 saturated heterocycles. The van der Waals surface area contributed by atoms with Gasteiger partial charge >= 0.3 is 0 Å². The van der Waals surface area contributed by atoms with E-state index in [0.29, 0.717) is 25.2 Å². The second-order valence-electron chi connectivity index (χ2n) is 3.85. The molecule has 0 amide bonds. The lowest BCUT2D eigenvalue weighted by Gasteiger charge is -2.23. The van der Waals surface area contributed by atoms with Gasteiger partial charge in [0.05, 0.1) is 12.7 Å². The van der Waals surface area contributed by atoms with Crippen LogP contribution in [0.4, 0.5) is 0 Å². The van der Waals surface area contributed by atoms with Crippen LogP contribution in [0.15, 0.2) is 22.7 Å². The van der Waals surface area contributed by atoms with Crippen LogP contribution in [0.3, 0.4) is 0 Å². The van der Waals surface area contributed by atoms with Crippen molar-refractivity contribution in [3.8, 4) is 0 Å². The summed E-state index contributed by atoms with van der Waals surface area (Å²) >= 11 is 3.42. The fraction of sp³-hybridized carbons (Fsp3) is 0.417. The zero-order valence-electron chi connectivity index (χ0n) is 8.63. The van der Waals surface area contributed by atoms with Gasteiger partial charge in [0.25, 0.3) is 0 Å². The molecule has 0 saturated carbocycles. The molecule has 0 aliphatic carbocycles. The van der Waals surface area contributed by atoms with Crippen molar-refractivity contribution in [1.82, 2.24) is 0 Å². The minimum atomic E-state index is -0.0423. The van der Waals surface area contributed by atoms with Crippen LogP contribution in [0, 0.1) is 6.92 Å². The zero-order chi connectivity index (χ0) is 10.8. The van der Waals surface area contributed by atoms with Crippen molar-refractivity contribution in [1.29, 1.82) is 0 Å². The Morgan fingerprint density at radius 1 is 1.47 bits per heavy atom. The predicted octanol–water partition coefficient (Wildman–Crippen LogP) is 3.18. The molecule has 2 rings (SSSR count). The topological polar surface area (TPSA) is 26.3 Å². The third kappa shape index (κ3) is 2.47. The normalized spacial score (nSPS) is 21.7. The summed E-state index contributed by atoms with van der Waals surface area (Å²) in [5, 5.41) is 0. The van der Waals surface area contributed by atoms with Gasteiger partial charge in [-0.25, -0.2) is 0 Å². The second-order valence-corrected chi connectivity index (χ2v) is 4.77. The third-order valence-electron chi connectivity index (χ3n) is 2.69. The Kier molecular flexibility index (Phi) is 3.22. The van der Waals surface area contributed by atoms with Crippen molar-refractivity contribution in [3.63, 3.8) is 0 Å². The standard InChI is InChI=1S/C12H13BrO2/c1-8-6-9(13)2-3-11(8)12-7-10(14)4-5-15-12/h2-3,6,12H,4-5,7H2,1H3. The van der Waals surface area contributed by atoms with Gasteiger partial charge in [0.2, 0.25) is 0 Å². The van der Waals surface area contributed by atoms with Crippen LogP contribution in [-0.4, -0.2) is 12.4 Å². The number of hydrogen-bond acceptors (Lipinski definition) is 2. The molecular weight excluding hydrogens is 256 g/mol. The number of carbonyl (C=O) groups is 1. The molecule has 1 aliphatic rings. The molecule has 2 nitrogen and oxygen atoms in total. The van der Waals surface area contributed by atoms with Crippen molar-refractivity contribution >= 4 is 21.7 Å². The summed E-state index contributed by atoms with van der Waals surface area (Å²) in [5.74, 6) is 0.300. The van der Waals surface area contributed by atoms with Crippen molar-refractivity contribution < 1.29 is 9.53 Å². The average molecular weight is 269 g/mol. The Labute approximate surface area is 97.8 Å². The summed E-state index contributed by atoms with van der Waals surface area (Å²) in [7, 11) is 0. The number of ketones is 1. The summed E-state index contributed by atoms with van der Waals surface area (Å²) in [6.07, 6.45) is 1.04. The molecule has 1 atom stereocenters. The monoisotopic (exact) mass is 268 g/mol. The molecule has 1 aromatic carbocycles. The van der Waals surface area contributed by atoms with E-state index in [-0.39, 0.29) is 6.10 Å². The summed E-state index contributed by atoms with van der Waals surface area (Å²) in [4.78, 5) is 11.3. The second kappa shape index (κ2) is 4.45. The fourth-order valence-electron chi connectivity index (χ4n) is 1.88. The number of rotatable bonds is 1. The first kappa shape index (κ1) is 10.8. The first-order valence-corrected chi connectivity index (χ1v) is 5.85. The number of Topliss-reactive ketones (excluding diaryl/α,β-unsaturated/α-hetero) is 1. The van der Waals surface area contributed by atoms with Crippen molar-refractivity contribution in [2.75, 3.05) is 6.61 Å². The van der Waals surface area contributed by atoms with E-state index >= 15 is 0 Å². The smallest absolute Gasteiger partial charge is 0.138 e. The van der Waals surface area contributed by atoms with Gasteiger partial charge in [-0.2, -0.15) is 0 Å². The van der Waals surface area contributed by atoms with Crippen LogP contribution in [0.25, 0.3) is 0 Å². The molecule has 1 aromatic rings. The van der Waals surface area contributed by atoms with Crippen molar-refractivity contribution in [2.45, 2.75) is 25.9 Å². The molecule has 0 N–H and O–H groups in total. The largest absolute Gasteiger partial charge is 0.373 e. The summed E-state index contributed by atoms with van der Waals surface area (Å²) in [6.45, 7) is 2.60.